The number of anilines is 1. The van der Waals surface area contributed by atoms with Gasteiger partial charge in [-0.05, 0) is 30.2 Å². The van der Waals surface area contributed by atoms with Gasteiger partial charge in [-0.3, -0.25) is 4.79 Å². The predicted octanol–water partition coefficient (Wildman–Crippen LogP) is 3.33. The monoisotopic (exact) mass is 324 g/mol. The van der Waals surface area contributed by atoms with Gasteiger partial charge in [-0.25, -0.2) is 0 Å². The lowest BCUT2D eigenvalue weighted by Gasteiger charge is -2.14. The molecule has 1 atom stereocenters. The van der Waals surface area contributed by atoms with Crippen molar-refractivity contribution in [3.8, 4) is 17.6 Å². The number of carbonyl (C=O) groups is 1. The number of hydrogen-bond acceptors (Lipinski definition) is 4. The van der Waals surface area contributed by atoms with Gasteiger partial charge in [0.2, 0.25) is 5.91 Å². The van der Waals surface area contributed by atoms with E-state index < -0.39 is 5.92 Å². The van der Waals surface area contributed by atoms with Gasteiger partial charge in [-0.2, -0.15) is 5.26 Å². The minimum absolute atomic E-state index is 0.265. The molecule has 0 spiro atoms. The number of carbonyl (C=O) groups excluding carboxylic acids is 1. The van der Waals surface area contributed by atoms with E-state index in [9.17, 15) is 10.1 Å². The Hall–Kier alpha value is -3.00. The molecule has 5 heteroatoms. The molecule has 24 heavy (non-hydrogen) atoms. The topological polar surface area (TPSA) is 71.3 Å². The number of ether oxygens (including phenoxy) is 2. The van der Waals surface area contributed by atoms with Gasteiger partial charge in [0.25, 0.3) is 0 Å². The SMILES string of the molecule is COc1ccc(CC(C#N)C(=O)Nc2ccccc2C)c(OC)c1. The van der Waals surface area contributed by atoms with Crippen molar-refractivity contribution in [1.29, 1.82) is 5.26 Å². The highest BCUT2D eigenvalue weighted by Gasteiger charge is 2.21. The lowest BCUT2D eigenvalue weighted by atomic mass is 9.98. The fourth-order valence-electron chi connectivity index (χ4n) is 2.37. The first-order chi connectivity index (χ1) is 11.6. The minimum atomic E-state index is -0.813. The van der Waals surface area contributed by atoms with Crippen molar-refractivity contribution in [3.63, 3.8) is 0 Å². The lowest BCUT2D eigenvalue weighted by molar-refractivity contribution is -0.118. The highest BCUT2D eigenvalue weighted by Crippen LogP contribution is 2.27. The van der Waals surface area contributed by atoms with Gasteiger partial charge in [-0.15, -0.1) is 0 Å². The fourth-order valence-corrected chi connectivity index (χ4v) is 2.37. The Morgan fingerprint density at radius 3 is 2.58 bits per heavy atom. The number of benzene rings is 2. The molecule has 2 aromatic carbocycles. The third kappa shape index (κ3) is 4.05. The molecule has 0 bridgehead atoms. The third-order valence-electron chi connectivity index (χ3n) is 3.79. The Labute approximate surface area is 141 Å². The molecular weight excluding hydrogens is 304 g/mol. The Morgan fingerprint density at radius 1 is 1.21 bits per heavy atom. The van der Waals surface area contributed by atoms with Gasteiger partial charge in [0, 0.05) is 18.2 Å². The highest BCUT2D eigenvalue weighted by molar-refractivity contribution is 5.95. The number of nitriles is 1. The van der Waals surface area contributed by atoms with Crippen LogP contribution in [-0.2, 0) is 11.2 Å². The van der Waals surface area contributed by atoms with Crippen molar-refractivity contribution in [1.82, 2.24) is 0 Å². The molecule has 1 amide bonds. The van der Waals surface area contributed by atoms with E-state index in [1.165, 1.54) is 0 Å². The Morgan fingerprint density at radius 2 is 1.96 bits per heavy atom. The summed E-state index contributed by atoms with van der Waals surface area (Å²) in [7, 11) is 3.12. The zero-order valence-electron chi connectivity index (χ0n) is 14.0. The Kier molecular flexibility index (Phi) is 5.80. The van der Waals surface area contributed by atoms with Crippen molar-refractivity contribution in [3.05, 3.63) is 53.6 Å². The molecule has 0 aliphatic rings. The average Bonchev–Trinajstić information content (AvgIpc) is 2.61. The van der Waals surface area contributed by atoms with Crippen LogP contribution in [0.3, 0.4) is 0 Å². The van der Waals surface area contributed by atoms with Crippen LogP contribution in [0.5, 0.6) is 11.5 Å². The molecule has 2 aromatic rings. The van der Waals surface area contributed by atoms with Crippen molar-refractivity contribution < 1.29 is 14.3 Å². The zero-order chi connectivity index (χ0) is 17.5. The average molecular weight is 324 g/mol. The second-order valence-electron chi connectivity index (χ2n) is 5.37. The Balaban J connectivity index is 2.16. The molecule has 0 radical (unpaired) electrons. The first-order valence-electron chi connectivity index (χ1n) is 7.56. The summed E-state index contributed by atoms with van der Waals surface area (Å²) in [6.45, 7) is 1.91. The number of para-hydroxylation sites is 1. The summed E-state index contributed by atoms with van der Waals surface area (Å²) in [5.41, 5.74) is 2.44. The van der Waals surface area contributed by atoms with Crippen LogP contribution in [-0.4, -0.2) is 20.1 Å². The molecule has 0 aliphatic carbocycles. The van der Waals surface area contributed by atoms with Crippen LogP contribution < -0.4 is 14.8 Å². The van der Waals surface area contributed by atoms with Crippen molar-refractivity contribution >= 4 is 11.6 Å². The molecule has 0 fully saturated rings. The van der Waals surface area contributed by atoms with E-state index in [1.807, 2.05) is 37.3 Å². The quantitative estimate of drug-likeness (QED) is 0.884. The first kappa shape index (κ1) is 17.4. The lowest BCUT2D eigenvalue weighted by Crippen LogP contribution is -2.24. The van der Waals surface area contributed by atoms with Gasteiger partial charge in [0.1, 0.15) is 17.4 Å². The van der Waals surface area contributed by atoms with Crippen molar-refractivity contribution in [2.24, 2.45) is 5.92 Å². The molecule has 124 valence electrons. The summed E-state index contributed by atoms with van der Waals surface area (Å²) >= 11 is 0. The number of methoxy groups -OCH3 is 2. The molecule has 0 heterocycles. The van der Waals surface area contributed by atoms with Gasteiger partial charge >= 0.3 is 0 Å². The number of aryl methyl sites for hydroxylation is 1. The maximum absolute atomic E-state index is 12.4. The van der Waals surface area contributed by atoms with E-state index in [1.54, 1.807) is 26.4 Å². The fraction of sp³-hybridized carbons (Fsp3) is 0.263. The van der Waals surface area contributed by atoms with Crippen LogP contribution in [0.2, 0.25) is 0 Å². The smallest absolute Gasteiger partial charge is 0.242 e. The van der Waals surface area contributed by atoms with Crippen molar-refractivity contribution in [2.45, 2.75) is 13.3 Å². The molecule has 1 unspecified atom stereocenters. The second-order valence-corrected chi connectivity index (χ2v) is 5.37. The van der Waals surface area contributed by atoms with Crippen LogP contribution >= 0.6 is 0 Å². The molecule has 5 nitrogen and oxygen atoms in total. The van der Waals surface area contributed by atoms with Crippen LogP contribution in [0, 0.1) is 24.2 Å². The molecule has 0 aromatic heterocycles. The largest absolute Gasteiger partial charge is 0.497 e. The summed E-state index contributed by atoms with van der Waals surface area (Å²) < 4.78 is 10.5. The summed E-state index contributed by atoms with van der Waals surface area (Å²) in [5.74, 6) is 0.114. The van der Waals surface area contributed by atoms with E-state index in [4.69, 9.17) is 9.47 Å². The Bertz CT molecular complexity index is 765. The van der Waals surface area contributed by atoms with Crippen LogP contribution in [0.25, 0.3) is 0 Å². The zero-order valence-corrected chi connectivity index (χ0v) is 14.0. The standard InChI is InChI=1S/C19H20N2O3/c1-13-6-4-5-7-17(13)21-19(22)15(12-20)10-14-8-9-16(23-2)11-18(14)24-3/h4-9,11,15H,10H2,1-3H3,(H,21,22). The number of nitrogens with one attached hydrogen (secondary N) is 1. The van der Waals surface area contributed by atoms with Crippen LogP contribution in [0.15, 0.2) is 42.5 Å². The predicted molar refractivity (Wildman–Crippen MR) is 92.2 cm³/mol. The van der Waals surface area contributed by atoms with E-state index in [0.717, 1.165) is 11.1 Å². The maximum atomic E-state index is 12.4. The highest BCUT2D eigenvalue weighted by atomic mass is 16.5. The van der Waals surface area contributed by atoms with E-state index in [0.29, 0.717) is 17.2 Å². The van der Waals surface area contributed by atoms with Gasteiger partial charge in [0.05, 0.1) is 20.3 Å². The number of nitrogens with zero attached hydrogens (tertiary/aromatic N) is 1. The normalized spacial score (nSPS) is 11.2. The summed E-state index contributed by atoms with van der Waals surface area (Å²) in [5, 5.41) is 12.2. The van der Waals surface area contributed by atoms with E-state index in [-0.39, 0.29) is 12.3 Å². The number of rotatable bonds is 6. The first-order valence-corrected chi connectivity index (χ1v) is 7.56. The molecule has 0 aliphatic heterocycles. The molecule has 2 rings (SSSR count). The summed E-state index contributed by atoms with van der Waals surface area (Å²) in [6.07, 6.45) is 0.265. The maximum Gasteiger partial charge on any atom is 0.242 e. The van der Waals surface area contributed by atoms with Crippen LogP contribution in [0.4, 0.5) is 5.69 Å². The van der Waals surface area contributed by atoms with Crippen molar-refractivity contribution in [2.75, 3.05) is 19.5 Å². The summed E-state index contributed by atoms with van der Waals surface area (Å²) in [4.78, 5) is 12.4. The van der Waals surface area contributed by atoms with Gasteiger partial charge in [-0.1, -0.05) is 24.3 Å². The van der Waals surface area contributed by atoms with Gasteiger partial charge in [0.15, 0.2) is 0 Å². The second kappa shape index (κ2) is 8.02. The number of amides is 1. The molecule has 0 saturated carbocycles. The van der Waals surface area contributed by atoms with E-state index >= 15 is 0 Å². The summed E-state index contributed by atoms with van der Waals surface area (Å²) in [6, 6.07) is 14.9. The molecule has 0 saturated heterocycles. The minimum Gasteiger partial charge on any atom is -0.497 e. The van der Waals surface area contributed by atoms with Crippen LogP contribution in [0.1, 0.15) is 11.1 Å². The molecule has 1 N–H and O–H groups in total. The van der Waals surface area contributed by atoms with Gasteiger partial charge < -0.3 is 14.8 Å². The van der Waals surface area contributed by atoms with E-state index in [2.05, 4.69) is 11.4 Å². The molecular formula is C19H20N2O3. The third-order valence-corrected chi connectivity index (χ3v) is 3.79. The number of hydrogen-bond donors (Lipinski definition) is 1.